The van der Waals surface area contributed by atoms with Gasteiger partial charge in [-0.1, -0.05) is 0 Å². The lowest BCUT2D eigenvalue weighted by Crippen LogP contribution is -2.60. The number of benzene rings is 1. The van der Waals surface area contributed by atoms with Crippen molar-refractivity contribution in [2.24, 2.45) is 0 Å². The molecule has 1 aromatic carbocycles. The Bertz CT molecular complexity index is 909. The summed E-state index contributed by atoms with van der Waals surface area (Å²) in [5, 5.41) is 37.4. The van der Waals surface area contributed by atoms with E-state index in [1.165, 1.54) is 12.2 Å². The van der Waals surface area contributed by atoms with Crippen LogP contribution < -0.4 is 9.47 Å². The number of aliphatic hydroxyl groups excluding tert-OH is 3. The van der Waals surface area contributed by atoms with Gasteiger partial charge >= 0.3 is 0 Å². The van der Waals surface area contributed by atoms with Crippen molar-refractivity contribution in [3.05, 3.63) is 65.5 Å². The highest BCUT2D eigenvalue weighted by Gasteiger charge is 2.45. The zero-order chi connectivity index (χ0) is 20.5. The standard InChI is InChI=1S/C21H20O8/c22-10-17-18(24)19(25)20(26)21(29-17)27-14-7-3-12-4-8-15(28-16(12)9-14)11-1-5-13(23)6-2-11/h1-9,17-22,24-26H,10H2/p+1/t17-,18-,19+,20-,21-/m1/s1. The zero-order valence-corrected chi connectivity index (χ0v) is 15.3. The van der Waals surface area contributed by atoms with Crippen LogP contribution in [0.3, 0.4) is 0 Å². The molecule has 0 saturated carbocycles. The molecule has 3 aliphatic rings. The molecular weight excluding hydrogens is 380 g/mol. The third kappa shape index (κ3) is 3.89. The van der Waals surface area contributed by atoms with Gasteiger partial charge in [0.2, 0.25) is 6.29 Å². The predicted octanol–water partition coefficient (Wildman–Crippen LogP) is -0.0476. The van der Waals surface area contributed by atoms with Crippen LogP contribution in [0.5, 0.6) is 11.5 Å². The molecule has 1 saturated heterocycles. The average molecular weight is 401 g/mol. The van der Waals surface area contributed by atoms with Gasteiger partial charge in [0.05, 0.1) is 0 Å². The van der Waals surface area contributed by atoms with Crippen molar-refractivity contribution in [1.82, 2.24) is 0 Å². The second-order valence-electron chi connectivity index (χ2n) is 6.86. The highest BCUT2D eigenvalue weighted by molar-refractivity contribution is 6.01. The van der Waals surface area contributed by atoms with E-state index in [2.05, 4.69) is 0 Å². The number of ketones is 1. The number of hydrogen-bond acceptors (Lipinski definition) is 7. The van der Waals surface area contributed by atoms with Gasteiger partial charge in [0, 0.05) is 17.2 Å². The fraction of sp³-hybridized carbons (Fsp3) is 0.286. The van der Waals surface area contributed by atoms with Crippen LogP contribution in [0.15, 0.2) is 59.9 Å². The quantitative estimate of drug-likeness (QED) is 0.606. The Kier molecular flexibility index (Phi) is 5.35. The minimum Gasteiger partial charge on any atom is -0.462 e. The molecule has 152 valence electrons. The predicted molar refractivity (Wildman–Crippen MR) is 102 cm³/mol. The molecule has 0 bridgehead atoms. The number of fused-ring (bicyclic) bond motifs is 1. The van der Waals surface area contributed by atoms with Crippen molar-refractivity contribution < 1.29 is 39.4 Å². The third-order valence-corrected chi connectivity index (χ3v) is 4.88. The van der Waals surface area contributed by atoms with Crippen molar-refractivity contribution in [3.8, 4) is 11.5 Å². The van der Waals surface area contributed by atoms with Crippen LogP contribution in [0.4, 0.5) is 0 Å². The second kappa shape index (κ2) is 7.94. The largest absolute Gasteiger partial charge is 0.462 e. The molecule has 4 rings (SSSR count). The maximum absolute atomic E-state index is 11.3. The van der Waals surface area contributed by atoms with Crippen LogP contribution in [-0.2, 0) is 9.53 Å². The Morgan fingerprint density at radius 1 is 0.966 bits per heavy atom. The number of allylic oxidation sites excluding steroid dienone is 6. The molecule has 29 heavy (non-hydrogen) atoms. The van der Waals surface area contributed by atoms with Crippen LogP contribution in [0.1, 0.15) is 5.56 Å². The van der Waals surface area contributed by atoms with Gasteiger partial charge in [0.15, 0.2) is 18.5 Å². The molecule has 8 nitrogen and oxygen atoms in total. The molecule has 0 amide bonds. The van der Waals surface area contributed by atoms with Gasteiger partial charge in [-0.15, -0.1) is 0 Å². The number of rotatable bonds is 3. The number of carbonyl (C=O) groups excluding carboxylic acids is 1. The van der Waals surface area contributed by atoms with Gasteiger partial charge in [-0.2, -0.15) is 0 Å². The van der Waals surface area contributed by atoms with E-state index in [1.54, 1.807) is 36.4 Å². The number of carbonyl (C=O) groups is 1. The van der Waals surface area contributed by atoms with E-state index in [0.717, 1.165) is 11.1 Å². The minimum atomic E-state index is -1.48. The number of hydrogen-bond donors (Lipinski definition) is 3. The molecule has 0 aromatic heterocycles. The lowest BCUT2D eigenvalue weighted by atomic mass is 9.99. The van der Waals surface area contributed by atoms with Crippen molar-refractivity contribution in [2.45, 2.75) is 30.7 Å². The van der Waals surface area contributed by atoms with E-state index in [0.29, 0.717) is 17.3 Å². The molecule has 0 radical (unpaired) electrons. The Labute approximate surface area is 166 Å². The van der Waals surface area contributed by atoms with Crippen LogP contribution >= 0.6 is 0 Å². The lowest BCUT2D eigenvalue weighted by molar-refractivity contribution is -0.277. The Morgan fingerprint density at radius 3 is 2.45 bits per heavy atom. The van der Waals surface area contributed by atoms with E-state index in [9.17, 15) is 20.1 Å². The summed E-state index contributed by atoms with van der Waals surface area (Å²) in [6.45, 7) is -0.288. The summed E-state index contributed by atoms with van der Waals surface area (Å²) in [5.74, 6) is 1.31. The van der Waals surface area contributed by atoms with Crippen LogP contribution in [0.2, 0.25) is 0 Å². The van der Waals surface area contributed by atoms with Crippen molar-refractivity contribution >= 4 is 11.9 Å². The number of ether oxygens (including phenoxy) is 3. The van der Waals surface area contributed by atoms with E-state index < -0.39 is 30.7 Å². The highest BCUT2D eigenvalue weighted by atomic mass is 16.7. The van der Waals surface area contributed by atoms with Gasteiger partial charge < -0.3 is 34.6 Å². The Hall–Kier alpha value is -2.75. The van der Waals surface area contributed by atoms with Crippen LogP contribution in [0.25, 0.3) is 6.08 Å². The van der Waals surface area contributed by atoms with Gasteiger partial charge in [0.25, 0.3) is 0 Å². The molecule has 1 aliphatic carbocycles. The fourth-order valence-corrected chi connectivity index (χ4v) is 3.22. The molecule has 8 heteroatoms. The lowest BCUT2D eigenvalue weighted by Gasteiger charge is -2.38. The smallest absolute Gasteiger partial charge is 0.229 e. The van der Waals surface area contributed by atoms with Crippen molar-refractivity contribution in [3.63, 3.8) is 0 Å². The van der Waals surface area contributed by atoms with Gasteiger partial charge in [-0.05, 0) is 48.6 Å². The zero-order valence-electron chi connectivity index (χ0n) is 15.3. The first kappa shape index (κ1) is 19.6. The fourth-order valence-electron chi connectivity index (χ4n) is 3.22. The topological polar surface area (TPSA) is 128 Å². The molecule has 0 unspecified atom stereocenters. The van der Waals surface area contributed by atoms with E-state index >= 15 is 0 Å². The van der Waals surface area contributed by atoms with Gasteiger partial charge in [-0.25, -0.2) is 0 Å². The van der Waals surface area contributed by atoms with Crippen LogP contribution in [-0.4, -0.2) is 63.5 Å². The van der Waals surface area contributed by atoms with Crippen molar-refractivity contribution in [1.29, 1.82) is 0 Å². The maximum atomic E-state index is 11.3. The monoisotopic (exact) mass is 401 g/mol. The van der Waals surface area contributed by atoms with E-state index in [4.69, 9.17) is 19.3 Å². The SMILES string of the molecule is O=C1C=CC(=C2C=Cc3ccc(O[C@@H]4O[C@H](C[OH2+])[C@@H](O)[C@H](O)[C@H]4O)cc3O2)C=C1. The molecule has 1 aromatic rings. The van der Waals surface area contributed by atoms with Gasteiger partial charge in [-0.3, -0.25) is 4.79 Å². The van der Waals surface area contributed by atoms with Crippen LogP contribution in [0, 0.1) is 0 Å². The normalized spacial score (nSPS) is 30.9. The van der Waals surface area contributed by atoms with E-state index in [-0.39, 0.29) is 12.4 Å². The molecule has 2 aliphatic heterocycles. The Balaban J connectivity index is 1.54. The first-order valence-electron chi connectivity index (χ1n) is 9.11. The summed E-state index contributed by atoms with van der Waals surface area (Å²) < 4.78 is 17.0. The molecule has 5 atom stereocenters. The molecule has 2 heterocycles. The number of aliphatic hydroxyl groups is 3. The second-order valence-corrected chi connectivity index (χ2v) is 6.86. The maximum Gasteiger partial charge on any atom is 0.229 e. The first-order chi connectivity index (χ1) is 14.0. The average Bonchev–Trinajstić information content (AvgIpc) is 2.74. The minimum absolute atomic E-state index is 0.0884. The molecular formula is C21H21O8+. The molecule has 1 fully saturated rings. The first-order valence-corrected chi connectivity index (χ1v) is 9.11. The summed E-state index contributed by atoms with van der Waals surface area (Å²) in [6, 6.07) is 5.04. The summed E-state index contributed by atoms with van der Waals surface area (Å²) in [6.07, 6.45) is 3.39. The molecule has 0 spiro atoms. The summed E-state index contributed by atoms with van der Waals surface area (Å²) in [4.78, 5) is 11.3. The Morgan fingerprint density at radius 2 is 1.72 bits per heavy atom. The summed E-state index contributed by atoms with van der Waals surface area (Å²) in [5.41, 5.74) is 1.56. The summed E-state index contributed by atoms with van der Waals surface area (Å²) in [7, 11) is 0. The highest BCUT2D eigenvalue weighted by Crippen LogP contribution is 2.34. The molecule has 5 N–H and O–H groups in total. The summed E-state index contributed by atoms with van der Waals surface area (Å²) >= 11 is 0. The van der Waals surface area contributed by atoms with Gasteiger partial charge in [0.1, 0.15) is 35.6 Å². The van der Waals surface area contributed by atoms with Crippen molar-refractivity contribution in [2.75, 3.05) is 6.61 Å². The third-order valence-electron chi connectivity index (χ3n) is 4.88. The van der Waals surface area contributed by atoms with E-state index in [1.807, 2.05) is 6.08 Å².